The summed E-state index contributed by atoms with van der Waals surface area (Å²) in [6.45, 7) is 4.13. The van der Waals surface area contributed by atoms with Crippen LogP contribution in [0.25, 0.3) is 11.1 Å². The van der Waals surface area contributed by atoms with Crippen molar-refractivity contribution in [2.45, 2.75) is 46.0 Å². The first-order chi connectivity index (χ1) is 10.2. The summed E-state index contributed by atoms with van der Waals surface area (Å²) in [6.07, 6.45) is 4.25. The van der Waals surface area contributed by atoms with Crippen molar-refractivity contribution in [3.8, 4) is 11.1 Å². The summed E-state index contributed by atoms with van der Waals surface area (Å²) >= 11 is 0. The molecule has 110 valence electrons. The second-order valence-corrected chi connectivity index (χ2v) is 5.87. The highest BCUT2D eigenvalue weighted by atomic mass is 19.2. The Labute approximate surface area is 124 Å². The van der Waals surface area contributed by atoms with E-state index in [2.05, 4.69) is 13.0 Å². The van der Waals surface area contributed by atoms with Crippen LogP contribution in [0.1, 0.15) is 48.9 Å². The van der Waals surface area contributed by atoms with Crippen LogP contribution in [-0.4, -0.2) is 0 Å². The van der Waals surface area contributed by atoms with Crippen molar-refractivity contribution in [1.82, 2.24) is 0 Å². The SMILES string of the molecule is CCCc1ccc2c(c1)Cc1cc(CCC)c(F)c(F)c1-2. The number of rotatable bonds is 4. The molecule has 0 heterocycles. The predicted octanol–water partition coefficient (Wildman–Crippen LogP) is 5.44. The summed E-state index contributed by atoms with van der Waals surface area (Å²) in [5, 5.41) is 0. The number of aryl methyl sites for hydroxylation is 2. The van der Waals surface area contributed by atoms with Crippen molar-refractivity contribution in [3.63, 3.8) is 0 Å². The summed E-state index contributed by atoms with van der Waals surface area (Å²) < 4.78 is 28.6. The Kier molecular flexibility index (Phi) is 3.79. The van der Waals surface area contributed by atoms with Crippen LogP contribution in [0.4, 0.5) is 8.78 Å². The average molecular weight is 286 g/mol. The van der Waals surface area contributed by atoms with Gasteiger partial charge in [0.15, 0.2) is 11.6 Å². The van der Waals surface area contributed by atoms with E-state index in [1.807, 2.05) is 25.1 Å². The second-order valence-electron chi connectivity index (χ2n) is 5.87. The lowest BCUT2D eigenvalue weighted by atomic mass is 9.99. The van der Waals surface area contributed by atoms with Gasteiger partial charge in [-0.1, -0.05) is 51.0 Å². The van der Waals surface area contributed by atoms with Gasteiger partial charge in [0.25, 0.3) is 0 Å². The van der Waals surface area contributed by atoms with Crippen LogP contribution < -0.4 is 0 Å². The van der Waals surface area contributed by atoms with E-state index in [0.717, 1.165) is 42.4 Å². The first-order valence-electron chi connectivity index (χ1n) is 7.77. The molecule has 1 aliphatic rings. The first kappa shape index (κ1) is 14.2. The normalized spacial score (nSPS) is 12.4. The third kappa shape index (κ3) is 2.37. The zero-order chi connectivity index (χ0) is 15.0. The summed E-state index contributed by atoms with van der Waals surface area (Å²) in [7, 11) is 0. The molecule has 3 rings (SSSR count). The van der Waals surface area contributed by atoms with E-state index in [4.69, 9.17) is 0 Å². The predicted molar refractivity (Wildman–Crippen MR) is 82.6 cm³/mol. The summed E-state index contributed by atoms with van der Waals surface area (Å²) in [5.41, 5.74) is 5.19. The Morgan fingerprint density at radius 3 is 2.38 bits per heavy atom. The molecule has 0 unspecified atom stereocenters. The van der Waals surface area contributed by atoms with E-state index in [1.54, 1.807) is 0 Å². The Hall–Kier alpha value is -1.70. The zero-order valence-electron chi connectivity index (χ0n) is 12.6. The molecule has 0 saturated carbocycles. The number of benzene rings is 2. The minimum atomic E-state index is -0.669. The van der Waals surface area contributed by atoms with Gasteiger partial charge in [-0.05, 0) is 47.1 Å². The largest absolute Gasteiger partial charge is 0.203 e. The Balaban J connectivity index is 2.09. The molecule has 0 saturated heterocycles. The molecule has 1 aliphatic carbocycles. The van der Waals surface area contributed by atoms with Crippen LogP contribution in [-0.2, 0) is 19.3 Å². The Bertz CT molecular complexity index is 686. The molecule has 2 aromatic rings. The van der Waals surface area contributed by atoms with E-state index in [9.17, 15) is 8.78 Å². The summed E-state index contributed by atoms with van der Waals surface area (Å²) in [6, 6.07) is 8.00. The molecule has 0 N–H and O–H groups in total. The van der Waals surface area contributed by atoms with Crippen molar-refractivity contribution >= 4 is 0 Å². The number of hydrogen-bond donors (Lipinski definition) is 0. The molecular weight excluding hydrogens is 266 g/mol. The Morgan fingerprint density at radius 1 is 0.905 bits per heavy atom. The van der Waals surface area contributed by atoms with Crippen molar-refractivity contribution in [1.29, 1.82) is 0 Å². The van der Waals surface area contributed by atoms with Crippen molar-refractivity contribution in [2.75, 3.05) is 0 Å². The smallest absolute Gasteiger partial charge is 0.167 e. The first-order valence-corrected chi connectivity index (χ1v) is 7.77. The van der Waals surface area contributed by atoms with Crippen molar-refractivity contribution < 1.29 is 8.78 Å². The maximum absolute atomic E-state index is 14.4. The maximum Gasteiger partial charge on any atom is 0.167 e. The maximum atomic E-state index is 14.4. The molecular formula is C19H20F2. The van der Waals surface area contributed by atoms with E-state index in [1.165, 1.54) is 5.56 Å². The molecule has 21 heavy (non-hydrogen) atoms. The summed E-state index contributed by atoms with van der Waals surface area (Å²) in [4.78, 5) is 0. The van der Waals surface area contributed by atoms with E-state index < -0.39 is 11.6 Å². The van der Waals surface area contributed by atoms with Gasteiger partial charge in [0.1, 0.15) is 0 Å². The van der Waals surface area contributed by atoms with Crippen LogP contribution in [0.15, 0.2) is 24.3 Å². The molecule has 0 radical (unpaired) electrons. The van der Waals surface area contributed by atoms with Gasteiger partial charge in [0.2, 0.25) is 0 Å². The molecule has 0 bridgehead atoms. The third-order valence-electron chi connectivity index (χ3n) is 4.24. The topological polar surface area (TPSA) is 0 Å². The van der Waals surface area contributed by atoms with Gasteiger partial charge in [-0.25, -0.2) is 8.78 Å². The molecule has 0 nitrogen and oxygen atoms in total. The van der Waals surface area contributed by atoms with Crippen LogP contribution in [0.3, 0.4) is 0 Å². The zero-order valence-corrected chi connectivity index (χ0v) is 12.6. The van der Waals surface area contributed by atoms with Crippen LogP contribution in [0.2, 0.25) is 0 Å². The molecule has 0 spiro atoms. The fourth-order valence-corrected chi connectivity index (χ4v) is 3.31. The molecule has 0 amide bonds. The Morgan fingerprint density at radius 2 is 1.67 bits per heavy atom. The standard InChI is InChI=1S/C19H20F2/c1-3-5-12-7-8-16-14(9-12)11-15-10-13(6-4-2)18(20)19(21)17(15)16/h7-10H,3-6,11H2,1-2H3. The van der Waals surface area contributed by atoms with Crippen molar-refractivity contribution in [3.05, 3.63) is 58.2 Å². The van der Waals surface area contributed by atoms with E-state index >= 15 is 0 Å². The molecule has 0 atom stereocenters. The average Bonchev–Trinajstić information content (AvgIpc) is 2.82. The van der Waals surface area contributed by atoms with Gasteiger partial charge in [0.05, 0.1) is 0 Å². The van der Waals surface area contributed by atoms with E-state index in [0.29, 0.717) is 17.5 Å². The fraction of sp³-hybridized carbons (Fsp3) is 0.368. The van der Waals surface area contributed by atoms with Gasteiger partial charge >= 0.3 is 0 Å². The van der Waals surface area contributed by atoms with Crippen LogP contribution in [0.5, 0.6) is 0 Å². The molecule has 2 aromatic carbocycles. The quantitative estimate of drug-likeness (QED) is 0.599. The van der Waals surface area contributed by atoms with Crippen LogP contribution in [0, 0.1) is 11.6 Å². The minimum absolute atomic E-state index is 0.477. The van der Waals surface area contributed by atoms with Gasteiger partial charge in [0, 0.05) is 5.56 Å². The number of fused-ring (bicyclic) bond motifs is 3. The fourth-order valence-electron chi connectivity index (χ4n) is 3.31. The van der Waals surface area contributed by atoms with E-state index in [-0.39, 0.29) is 0 Å². The van der Waals surface area contributed by atoms with Gasteiger partial charge in [-0.3, -0.25) is 0 Å². The minimum Gasteiger partial charge on any atom is -0.203 e. The highest BCUT2D eigenvalue weighted by Crippen LogP contribution is 2.40. The molecule has 0 aliphatic heterocycles. The second kappa shape index (κ2) is 5.59. The lowest BCUT2D eigenvalue weighted by Gasteiger charge is -2.09. The highest BCUT2D eigenvalue weighted by molar-refractivity contribution is 5.78. The summed E-state index contributed by atoms with van der Waals surface area (Å²) in [5.74, 6) is -1.33. The molecule has 0 fully saturated rings. The van der Waals surface area contributed by atoms with Crippen LogP contribution >= 0.6 is 0 Å². The molecule has 0 aromatic heterocycles. The third-order valence-corrected chi connectivity index (χ3v) is 4.24. The lowest BCUT2D eigenvalue weighted by molar-refractivity contribution is 0.500. The lowest BCUT2D eigenvalue weighted by Crippen LogP contribution is -1.98. The number of halogens is 2. The number of hydrogen-bond acceptors (Lipinski definition) is 0. The monoisotopic (exact) mass is 286 g/mol. The van der Waals surface area contributed by atoms with Gasteiger partial charge < -0.3 is 0 Å². The molecule has 2 heteroatoms. The van der Waals surface area contributed by atoms with Gasteiger partial charge in [-0.15, -0.1) is 0 Å². The van der Waals surface area contributed by atoms with Crippen molar-refractivity contribution in [2.24, 2.45) is 0 Å². The highest BCUT2D eigenvalue weighted by Gasteiger charge is 2.26. The van der Waals surface area contributed by atoms with Gasteiger partial charge in [-0.2, -0.15) is 0 Å².